The quantitative estimate of drug-likeness (QED) is 0.754. The van der Waals surface area contributed by atoms with Crippen LogP contribution in [0.4, 0.5) is 11.5 Å². The summed E-state index contributed by atoms with van der Waals surface area (Å²) in [5, 5.41) is 3.50. The van der Waals surface area contributed by atoms with Crippen molar-refractivity contribution < 1.29 is 0 Å². The SMILES string of the molecule is Nc1cc(NC2CCCCC2)ccn1. The maximum absolute atomic E-state index is 5.61. The number of nitrogen functional groups attached to an aromatic ring is 1. The van der Waals surface area contributed by atoms with E-state index in [-0.39, 0.29) is 0 Å². The zero-order valence-electron chi connectivity index (χ0n) is 8.37. The molecule has 0 bridgehead atoms. The fourth-order valence-corrected chi connectivity index (χ4v) is 2.02. The number of anilines is 2. The van der Waals surface area contributed by atoms with Crippen LogP contribution < -0.4 is 11.1 Å². The van der Waals surface area contributed by atoms with Crippen molar-refractivity contribution >= 4 is 11.5 Å². The number of nitrogens with zero attached hydrogens (tertiary/aromatic N) is 1. The Kier molecular flexibility index (Phi) is 2.87. The van der Waals surface area contributed by atoms with E-state index < -0.39 is 0 Å². The molecule has 14 heavy (non-hydrogen) atoms. The van der Waals surface area contributed by atoms with Crippen molar-refractivity contribution in [1.82, 2.24) is 4.98 Å². The first-order valence-corrected chi connectivity index (χ1v) is 5.33. The van der Waals surface area contributed by atoms with Gasteiger partial charge in [-0.15, -0.1) is 0 Å². The second kappa shape index (κ2) is 4.31. The van der Waals surface area contributed by atoms with Crippen molar-refractivity contribution in [2.75, 3.05) is 11.1 Å². The lowest BCUT2D eigenvalue weighted by atomic mass is 9.95. The Morgan fingerprint density at radius 3 is 2.79 bits per heavy atom. The molecule has 0 amide bonds. The minimum absolute atomic E-state index is 0.589. The molecule has 1 aromatic heterocycles. The fourth-order valence-electron chi connectivity index (χ4n) is 2.02. The van der Waals surface area contributed by atoms with E-state index in [0.29, 0.717) is 11.9 Å². The summed E-state index contributed by atoms with van der Waals surface area (Å²) in [5.74, 6) is 0.589. The molecular formula is C11H17N3. The molecule has 76 valence electrons. The van der Waals surface area contributed by atoms with Crippen LogP contribution in [-0.4, -0.2) is 11.0 Å². The second-order valence-corrected chi connectivity index (χ2v) is 3.95. The third kappa shape index (κ3) is 2.37. The molecule has 3 heteroatoms. The Morgan fingerprint density at radius 2 is 2.07 bits per heavy atom. The highest BCUT2D eigenvalue weighted by Gasteiger charge is 2.12. The molecule has 3 nitrogen and oxygen atoms in total. The number of rotatable bonds is 2. The average Bonchev–Trinajstić information content (AvgIpc) is 2.19. The van der Waals surface area contributed by atoms with Gasteiger partial charge < -0.3 is 11.1 Å². The average molecular weight is 191 g/mol. The van der Waals surface area contributed by atoms with Gasteiger partial charge in [-0.05, 0) is 18.9 Å². The predicted molar refractivity (Wildman–Crippen MR) is 59.1 cm³/mol. The fraction of sp³-hybridized carbons (Fsp3) is 0.545. The van der Waals surface area contributed by atoms with Crippen LogP contribution in [0.2, 0.25) is 0 Å². The number of hydrogen-bond acceptors (Lipinski definition) is 3. The number of nitrogens with one attached hydrogen (secondary N) is 1. The summed E-state index contributed by atoms with van der Waals surface area (Å²) in [6.07, 6.45) is 8.39. The lowest BCUT2D eigenvalue weighted by Gasteiger charge is -2.23. The molecular weight excluding hydrogens is 174 g/mol. The van der Waals surface area contributed by atoms with Crippen LogP contribution >= 0.6 is 0 Å². The number of hydrogen-bond donors (Lipinski definition) is 2. The highest BCUT2D eigenvalue weighted by Crippen LogP contribution is 2.21. The Hall–Kier alpha value is -1.25. The molecule has 0 aromatic carbocycles. The van der Waals surface area contributed by atoms with E-state index in [0.717, 1.165) is 5.69 Å². The van der Waals surface area contributed by atoms with Crippen LogP contribution in [-0.2, 0) is 0 Å². The van der Waals surface area contributed by atoms with Gasteiger partial charge in [0.25, 0.3) is 0 Å². The van der Waals surface area contributed by atoms with Gasteiger partial charge in [0.15, 0.2) is 0 Å². The van der Waals surface area contributed by atoms with E-state index in [2.05, 4.69) is 10.3 Å². The van der Waals surface area contributed by atoms with Crippen LogP contribution in [0.1, 0.15) is 32.1 Å². The van der Waals surface area contributed by atoms with Crippen molar-refractivity contribution in [1.29, 1.82) is 0 Å². The summed E-state index contributed by atoms with van der Waals surface area (Å²) in [4.78, 5) is 3.97. The van der Waals surface area contributed by atoms with Gasteiger partial charge in [0.2, 0.25) is 0 Å². The molecule has 1 aliphatic rings. The Labute approximate surface area is 84.7 Å². The molecule has 0 saturated heterocycles. The van der Waals surface area contributed by atoms with Crippen molar-refractivity contribution in [3.05, 3.63) is 18.3 Å². The smallest absolute Gasteiger partial charge is 0.125 e. The molecule has 0 spiro atoms. The summed E-state index contributed by atoms with van der Waals surface area (Å²) in [6, 6.07) is 4.50. The van der Waals surface area contributed by atoms with E-state index in [9.17, 15) is 0 Å². The number of nitrogens with two attached hydrogens (primary N) is 1. The minimum Gasteiger partial charge on any atom is -0.384 e. The van der Waals surface area contributed by atoms with Gasteiger partial charge in [0.05, 0.1) is 0 Å². The summed E-state index contributed by atoms with van der Waals surface area (Å²) in [7, 11) is 0. The standard InChI is InChI=1S/C11H17N3/c12-11-8-10(6-7-13-11)14-9-4-2-1-3-5-9/h6-9H,1-5H2,(H3,12,13,14). The first-order chi connectivity index (χ1) is 6.84. The maximum Gasteiger partial charge on any atom is 0.125 e. The molecule has 2 rings (SSSR count). The van der Waals surface area contributed by atoms with E-state index in [1.165, 1.54) is 32.1 Å². The molecule has 0 aliphatic heterocycles. The monoisotopic (exact) mass is 191 g/mol. The van der Waals surface area contributed by atoms with E-state index in [1.807, 2.05) is 12.1 Å². The third-order valence-corrected chi connectivity index (χ3v) is 2.76. The summed E-state index contributed by atoms with van der Waals surface area (Å²) < 4.78 is 0. The van der Waals surface area contributed by atoms with Crippen LogP contribution in [0, 0.1) is 0 Å². The molecule has 1 fully saturated rings. The molecule has 1 aliphatic carbocycles. The van der Waals surface area contributed by atoms with Crippen molar-refractivity contribution in [3.8, 4) is 0 Å². The van der Waals surface area contributed by atoms with Gasteiger partial charge in [0.1, 0.15) is 5.82 Å². The van der Waals surface area contributed by atoms with Gasteiger partial charge in [-0.25, -0.2) is 4.98 Å². The molecule has 1 saturated carbocycles. The van der Waals surface area contributed by atoms with E-state index >= 15 is 0 Å². The predicted octanol–water partition coefficient (Wildman–Crippen LogP) is 2.41. The second-order valence-electron chi connectivity index (χ2n) is 3.95. The molecule has 0 atom stereocenters. The number of aromatic nitrogens is 1. The normalized spacial score (nSPS) is 18.0. The van der Waals surface area contributed by atoms with Gasteiger partial charge in [-0.2, -0.15) is 0 Å². The van der Waals surface area contributed by atoms with Gasteiger partial charge in [0, 0.05) is 24.0 Å². The molecule has 0 unspecified atom stereocenters. The Balaban J connectivity index is 1.95. The van der Waals surface area contributed by atoms with E-state index in [1.54, 1.807) is 6.20 Å². The topological polar surface area (TPSA) is 50.9 Å². The lowest BCUT2D eigenvalue weighted by molar-refractivity contribution is 0.463. The van der Waals surface area contributed by atoms with Crippen LogP contribution in [0.5, 0.6) is 0 Å². The van der Waals surface area contributed by atoms with Crippen LogP contribution in [0.3, 0.4) is 0 Å². The van der Waals surface area contributed by atoms with Crippen molar-refractivity contribution in [3.63, 3.8) is 0 Å². The van der Waals surface area contributed by atoms with Crippen LogP contribution in [0.15, 0.2) is 18.3 Å². The molecule has 0 radical (unpaired) electrons. The zero-order valence-corrected chi connectivity index (χ0v) is 8.37. The van der Waals surface area contributed by atoms with Gasteiger partial charge >= 0.3 is 0 Å². The summed E-state index contributed by atoms with van der Waals surface area (Å²) in [6.45, 7) is 0. The van der Waals surface area contributed by atoms with Crippen molar-refractivity contribution in [2.24, 2.45) is 0 Å². The van der Waals surface area contributed by atoms with Gasteiger partial charge in [-0.3, -0.25) is 0 Å². The van der Waals surface area contributed by atoms with Gasteiger partial charge in [-0.1, -0.05) is 19.3 Å². The molecule has 3 N–H and O–H groups in total. The maximum atomic E-state index is 5.61. The Morgan fingerprint density at radius 1 is 1.29 bits per heavy atom. The highest BCUT2D eigenvalue weighted by atomic mass is 14.9. The molecule has 1 aromatic rings. The highest BCUT2D eigenvalue weighted by molar-refractivity contribution is 5.50. The van der Waals surface area contributed by atoms with Crippen LogP contribution in [0.25, 0.3) is 0 Å². The number of pyridine rings is 1. The summed E-state index contributed by atoms with van der Waals surface area (Å²) >= 11 is 0. The minimum atomic E-state index is 0.589. The Bertz CT molecular complexity index is 292. The zero-order chi connectivity index (χ0) is 9.80. The third-order valence-electron chi connectivity index (χ3n) is 2.76. The molecule has 1 heterocycles. The van der Waals surface area contributed by atoms with E-state index in [4.69, 9.17) is 5.73 Å². The first kappa shape index (κ1) is 9.31. The van der Waals surface area contributed by atoms with Crippen molar-refractivity contribution in [2.45, 2.75) is 38.1 Å². The largest absolute Gasteiger partial charge is 0.384 e. The first-order valence-electron chi connectivity index (χ1n) is 5.33. The lowest BCUT2D eigenvalue weighted by Crippen LogP contribution is -2.22. The summed E-state index contributed by atoms with van der Waals surface area (Å²) in [5.41, 5.74) is 6.71.